The minimum atomic E-state index is 0.150. The molecule has 0 saturated carbocycles. The lowest BCUT2D eigenvalue weighted by molar-refractivity contribution is -0.137. The van der Waals surface area contributed by atoms with Crippen LogP contribution in [0.4, 0.5) is 0 Å². The zero-order valence-electron chi connectivity index (χ0n) is 11.4. The van der Waals surface area contributed by atoms with Crippen molar-refractivity contribution < 1.29 is 4.79 Å². The molecule has 3 rings (SSSR count). The zero-order chi connectivity index (χ0) is 13.2. The van der Waals surface area contributed by atoms with Crippen LogP contribution in [0.25, 0.3) is 0 Å². The van der Waals surface area contributed by atoms with Crippen molar-refractivity contribution in [3.63, 3.8) is 0 Å². The lowest BCUT2D eigenvalue weighted by Gasteiger charge is -2.28. The van der Waals surface area contributed by atoms with E-state index in [4.69, 9.17) is 0 Å². The topological polar surface area (TPSA) is 45.2 Å². The summed E-state index contributed by atoms with van der Waals surface area (Å²) in [6.45, 7) is 4.84. The van der Waals surface area contributed by atoms with Crippen LogP contribution in [0.1, 0.15) is 31.4 Å². The second-order valence-electron chi connectivity index (χ2n) is 5.72. The molecule has 2 aliphatic rings. The van der Waals surface area contributed by atoms with Crippen molar-refractivity contribution >= 4 is 5.91 Å². The Morgan fingerprint density at radius 3 is 3.05 bits per heavy atom. The van der Waals surface area contributed by atoms with Crippen molar-refractivity contribution in [2.45, 2.75) is 25.8 Å². The number of pyridine rings is 1. The summed E-state index contributed by atoms with van der Waals surface area (Å²) < 4.78 is 0. The number of nitrogens with zero attached hydrogens (tertiary/aromatic N) is 2. The van der Waals surface area contributed by atoms with Crippen LogP contribution in [0.5, 0.6) is 0 Å². The summed E-state index contributed by atoms with van der Waals surface area (Å²) in [5, 5.41) is 3.32. The van der Waals surface area contributed by atoms with Crippen LogP contribution >= 0.6 is 0 Å². The van der Waals surface area contributed by atoms with Crippen molar-refractivity contribution in [1.29, 1.82) is 0 Å². The fourth-order valence-electron chi connectivity index (χ4n) is 3.30. The van der Waals surface area contributed by atoms with Crippen molar-refractivity contribution in [2.24, 2.45) is 11.8 Å². The SMILES string of the molecule is C[C@@H]1CNC[C@H]1C(=O)N1CCCC1c1cccnc1. The molecule has 2 aliphatic heterocycles. The molecule has 1 N–H and O–H groups in total. The lowest BCUT2D eigenvalue weighted by atomic mass is 9.95. The van der Waals surface area contributed by atoms with Gasteiger partial charge in [0, 0.05) is 25.5 Å². The number of carbonyl (C=O) groups excluding carboxylic acids is 1. The highest BCUT2D eigenvalue weighted by Crippen LogP contribution is 2.34. The molecule has 0 radical (unpaired) electrons. The first-order valence-corrected chi connectivity index (χ1v) is 7.18. The Kier molecular flexibility index (Phi) is 3.51. The minimum Gasteiger partial charge on any atom is -0.335 e. The maximum atomic E-state index is 12.7. The molecule has 2 saturated heterocycles. The highest BCUT2D eigenvalue weighted by atomic mass is 16.2. The van der Waals surface area contributed by atoms with E-state index in [9.17, 15) is 4.79 Å². The van der Waals surface area contributed by atoms with E-state index in [2.05, 4.69) is 28.2 Å². The molecular weight excluding hydrogens is 238 g/mol. The molecule has 4 heteroatoms. The van der Waals surface area contributed by atoms with Crippen LogP contribution in [0.2, 0.25) is 0 Å². The number of amides is 1. The van der Waals surface area contributed by atoms with Gasteiger partial charge < -0.3 is 10.2 Å². The summed E-state index contributed by atoms with van der Waals surface area (Å²) >= 11 is 0. The van der Waals surface area contributed by atoms with Gasteiger partial charge in [0.2, 0.25) is 5.91 Å². The summed E-state index contributed by atoms with van der Waals surface area (Å²) in [4.78, 5) is 19.0. The number of aromatic nitrogens is 1. The number of carbonyl (C=O) groups is 1. The minimum absolute atomic E-state index is 0.150. The van der Waals surface area contributed by atoms with Gasteiger partial charge >= 0.3 is 0 Å². The molecule has 1 amide bonds. The Morgan fingerprint density at radius 2 is 2.37 bits per heavy atom. The highest BCUT2D eigenvalue weighted by Gasteiger charge is 2.37. The monoisotopic (exact) mass is 259 g/mol. The standard InChI is InChI=1S/C15H21N3O/c1-11-8-17-10-13(11)15(19)18-7-3-5-14(18)12-4-2-6-16-9-12/h2,4,6,9,11,13-14,17H,3,5,7-8,10H2,1H3/t11-,13-,14?/m1/s1. The third-order valence-corrected chi connectivity index (χ3v) is 4.44. The second kappa shape index (κ2) is 5.29. The van der Waals surface area contributed by atoms with E-state index >= 15 is 0 Å². The van der Waals surface area contributed by atoms with Gasteiger partial charge in [-0.25, -0.2) is 0 Å². The van der Waals surface area contributed by atoms with E-state index in [0.717, 1.165) is 32.5 Å². The van der Waals surface area contributed by atoms with Gasteiger partial charge in [0.1, 0.15) is 0 Å². The number of hydrogen-bond acceptors (Lipinski definition) is 3. The predicted octanol–water partition coefficient (Wildman–Crippen LogP) is 1.60. The van der Waals surface area contributed by atoms with E-state index in [-0.39, 0.29) is 12.0 Å². The van der Waals surface area contributed by atoms with E-state index in [0.29, 0.717) is 11.8 Å². The second-order valence-corrected chi connectivity index (χ2v) is 5.72. The van der Waals surface area contributed by atoms with Gasteiger partial charge in [-0.05, 0) is 36.9 Å². The van der Waals surface area contributed by atoms with E-state index in [1.54, 1.807) is 6.20 Å². The summed E-state index contributed by atoms with van der Waals surface area (Å²) in [7, 11) is 0. The first-order valence-electron chi connectivity index (χ1n) is 7.18. The smallest absolute Gasteiger partial charge is 0.227 e. The van der Waals surface area contributed by atoms with Crippen molar-refractivity contribution in [1.82, 2.24) is 15.2 Å². The molecule has 1 aromatic rings. The molecule has 3 heterocycles. The lowest BCUT2D eigenvalue weighted by Crippen LogP contribution is -2.38. The number of likely N-dealkylation sites (tertiary alicyclic amines) is 1. The van der Waals surface area contributed by atoms with E-state index < -0.39 is 0 Å². The molecular formula is C15H21N3O. The van der Waals surface area contributed by atoms with Crippen LogP contribution in [-0.2, 0) is 4.79 Å². The largest absolute Gasteiger partial charge is 0.335 e. The van der Waals surface area contributed by atoms with Crippen LogP contribution in [0.15, 0.2) is 24.5 Å². The summed E-state index contributed by atoms with van der Waals surface area (Å²) in [5.74, 6) is 0.920. The molecule has 102 valence electrons. The van der Waals surface area contributed by atoms with Crippen LogP contribution in [0.3, 0.4) is 0 Å². The average Bonchev–Trinajstić information content (AvgIpc) is 3.07. The zero-order valence-corrected chi connectivity index (χ0v) is 11.4. The number of nitrogens with one attached hydrogen (secondary N) is 1. The Balaban J connectivity index is 1.78. The quantitative estimate of drug-likeness (QED) is 0.877. The van der Waals surface area contributed by atoms with Crippen molar-refractivity contribution in [3.05, 3.63) is 30.1 Å². The summed E-state index contributed by atoms with van der Waals surface area (Å²) in [6.07, 6.45) is 5.84. The van der Waals surface area contributed by atoms with Crippen molar-refractivity contribution in [3.8, 4) is 0 Å². The maximum absolute atomic E-state index is 12.7. The highest BCUT2D eigenvalue weighted by molar-refractivity contribution is 5.80. The molecule has 19 heavy (non-hydrogen) atoms. The molecule has 0 aliphatic carbocycles. The molecule has 1 unspecified atom stereocenters. The van der Waals surface area contributed by atoms with Gasteiger partial charge in [-0.15, -0.1) is 0 Å². The van der Waals surface area contributed by atoms with Crippen molar-refractivity contribution in [2.75, 3.05) is 19.6 Å². The van der Waals surface area contributed by atoms with Gasteiger partial charge in [-0.1, -0.05) is 13.0 Å². The fraction of sp³-hybridized carbons (Fsp3) is 0.600. The van der Waals surface area contributed by atoms with Gasteiger partial charge in [0.05, 0.1) is 12.0 Å². The fourth-order valence-corrected chi connectivity index (χ4v) is 3.30. The van der Waals surface area contributed by atoms with Gasteiger partial charge in [0.25, 0.3) is 0 Å². The number of hydrogen-bond donors (Lipinski definition) is 1. The van der Waals surface area contributed by atoms with Gasteiger partial charge in [0.15, 0.2) is 0 Å². The molecule has 0 bridgehead atoms. The molecule has 3 atom stereocenters. The Morgan fingerprint density at radius 1 is 1.47 bits per heavy atom. The average molecular weight is 259 g/mol. The van der Waals surface area contributed by atoms with E-state index in [1.807, 2.05) is 12.3 Å². The van der Waals surface area contributed by atoms with Gasteiger partial charge in [-0.2, -0.15) is 0 Å². The van der Waals surface area contributed by atoms with Crippen LogP contribution < -0.4 is 5.32 Å². The molecule has 4 nitrogen and oxygen atoms in total. The van der Waals surface area contributed by atoms with E-state index in [1.165, 1.54) is 5.56 Å². The molecule has 0 spiro atoms. The molecule has 2 fully saturated rings. The van der Waals surface area contributed by atoms with Crippen LogP contribution in [-0.4, -0.2) is 35.4 Å². The van der Waals surface area contributed by atoms with Gasteiger partial charge in [-0.3, -0.25) is 9.78 Å². The third kappa shape index (κ3) is 2.37. The Bertz CT molecular complexity index is 448. The predicted molar refractivity (Wildman–Crippen MR) is 73.4 cm³/mol. The Hall–Kier alpha value is -1.42. The van der Waals surface area contributed by atoms with Crippen LogP contribution in [0, 0.1) is 11.8 Å². The third-order valence-electron chi connectivity index (χ3n) is 4.44. The molecule has 1 aromatic heterocycles. The normalized spacial score (nSPS) is 30.8. The maximum Gasteiger partial charge on any atom is 0.227 e. The summed E-state index contributed by atoms with van der Waals surface area (Å²) in [6, 6.07) is 4.27. The first-order chi connectivity index (χ1) is 9.27. The first kappa shape index (κ1) is 12.6. The summed E-state index contributed by atoms with van der Waals surface area (Å²) in [5.41, 5.74) is 1.17. The Labute approximate surface area is 114 Å². The molecule has 0 aromatic carbocycles. The number of rotatable bonds is 2.